The standard InChI is InChI=1S/C9H3F5/c10-7-2-1-3-8(11)6(7)4-5-9(12,13)14/h1-3H. The second kappa shape index (κ2) is 3.66. The van der Waals surface area contributed by atoms with Gasteiger partial charge in [-0.05, 0) is 12.1 Å². The van der Waals surface area contributed by atoms with Crippen LogP contribution in [0.5, 0.6) is 0 Å². The predicted octanol–water partition coefficient (Wildman–Crippen LogP) is 2.88. The van der Waals surface area contributed by atoms with E-state index in [1.807, 2.05) is 0 Å². The van der Waals surface area contributed by atoms with Crippen molar-refractivity contribution in [3.8, 4) is 11.8 Å². The highest BCUT2D eigenvalue weighted by molar-refractivity contribution is 5.37. The number of halogens is 5. The number of hydrogen-bond acceptors (Lipinski definition) is 0. The first-order chi connectivity index (χ1) is 6.40. The molecule has 0 aliphatic carbocycles. The summed E-state index contributed by atoms with van der Waals surface area (Å²) in [7, 11) is 0. The average molecular weight is 206 g/mol. The van der Waals surface area contributed by atoms with Gasteiger partial charge in [0.05, 0.1) is 5.56 Å². The van der Waals surface area contributed by atoms with Crippen LogP contribution >= 0.6 is 0 Å². The average Bonchev–Trinajstić information content (AvgIpc) is 2.01. The molecular formula is C9H3F5. The smallest absolute Gasteiger partial charge is 0.206 e. The van der Waals surface area contributed by atoms with Crippen LogP contribution < -0.4 is 0 Å². The van der Waals surface area contributed by atoms with Crippen LogP contribution in [-0.2, 0) is 0 Å². The Morgan fingerprint density at radius 1 is 1.00 bits per heavy atom. The van der Waals surface area contributed by atoms with Crippen LogP contribution in [0.15, 0.2) is 18.2 Å². The Bertz CT molecular complexity index is 374. The van der Waals surface area contributed by atoms with Gasteiger partial charge in [0.2, 0.25) is 0 Å². The first-order valence-electron chi connectivity index (χ1n) is 3.44. The molecule has 0 nitrogen and oxygen atoms in total. The molecule has 0 amide bonds. The van der Waals surface area contributed by atoms with Gasteiger partial charge in [0.25, 0.3) is 0 Å². The van der Waals surface area contributed by atoms with Gasteiger partial charge in [-0.25, -0.2) is 8.78 Å². The van der Waals surface area contributed by atoms with Crippen molar-refractivity contribution < 1.29 is 22.0 Å². The van der Waals surface area contributed by atoms with E-state index in [-0.39, 0.29) is 0 Å². The molecule has 74 valence electrons. The quantitative estimate of drug-likeness (QED) is 0.452. The molecule has 5 heteroatoms. The van der Waals surface area contributed by atoms with Crippen molar-refractivity contribution in [2.75, 3.05) is 0 Å². The maximum Gasteiger partial charge on any atom is 0.458 e. The van der Waals surface area contributed by atoms with Gasteiger partial charge in [0.1, 0.15) is 11.6 Å². The van der Waals surface area contributed by atoms with Crippen LogP contribution in [0.2, 0.25) is 0 Å². The summed E-state index contributed by atoms with van der Waals surface area (Å²) in [5.74, 6) is -0.0330. The molecule has 0 saturated heterocycles. The van der Waals surface area contributed by atoms with Gasteiger partial charge >= 0.3 is 6.18 Å². The molecule has 1 rings (SSSR count). The number of alkyl halides is 3. The lowest BCUT2D eigenvalue weighted by Crippen LogP contribution is -2.02. The van der Waals surface area contributed by atoms with Crippen LogP contribution in [0, 0.1) is 23.5 Å². The minimum atomic E-state index is -4.76. The Kier molecular flexibility index (Phi) is 2.75. The van der Waals surface area contributed by atoms with Crippen molar-refractivity contribution in [3.63, 3.8) is 0 Å². The number of hydrogen-bond donors (Lipinski definition) is 0. The molecule has 1 aromatic rings. The number of benzene rings is 1. The summed E-state index contributed by atoms with van der Waals surface area (Å²) < 4.78 is 60.2. The first-order valence-corrected chi connectivity index (χ1v) is 3.44. The lowest BCUT2D eigenvalue weighted by atomic mass is 10.2. The molecule has 0 unspecified atom stereocenters. The fourth-order valence-electron chi connectivity index (χ4n) is 0.751. The maximum absolute atomic E-state index is 12.7. The second-order valence-electron chi connectivity index (χ2n) is 2.34. The van der Waals surface area contributed by atoms with Gasteiger partial charge < -0.3 is 0 Å². The normalized spacial score (nSPS) is 10.6. The molecular weight excluding hydrogens is 203 g/mol. The highest BCUT2D eigenvalue weighted by atomic mass is 19.4. The summed E-state index contributed by atoms with van der Waals surface area (Å²) in [6.07, 6.45) is -4.76. The van der Waals surface area contributed by atoms with E-state index in [1.165, 1.54) is 5.92 Å². The first kappa shape index (κ1) is 10.5. The molecule has 0 saturated carbocycles. The molecule has 0 atom stereocenters. The van der Waals surface area contributed by atoms with Crippen LogP contribution in [0.4, 0.5) is 22.0 Å². The van der Waals surface area contributed by atoms with E-state index in [2.05, 4.69) is 0 Å². The third kappa shape index (κ3) is 2.73. The van der Waals surface area contributed by atoms with Gasteiger partial charge in [-0.2, -0.15) is 13.2 Å². The van der Waals surface area contributed by atoms with E-state index >= 15 is 0 Å². The molecule has 0 aliphatic rings. The van der Waals surface area contributed by atoms with E-state index in [0.717, 1.165) is 24.1 Å². The predicted molar refractivity (Wildman–Crippen MR) is 39.3 cm³/mol. The Labute approximate surface area is 76.4 Å². The van der Waals surface area contributed by atoms with Gasteiger partial charge in [0, 0.05) is 5.92 Å². The minimum Gasteiger partial charge on any atom is -0.206 e. The van der Waals surface area contributed by atoms with Crippen LogP contribution in [0.3, 0.4) is 0 Å². The lowest BCUT2D eigenvalue weighted by Gasteiger charge is -1.96. The van der Waals surface area contributed by atoms with Crippen LogP contribution in [-0.4, -0.2) is 6.18 Å². The third-order valence-corrected chi connectivity index (χ3v) is 1.29. The second-order valence-corrected chi connectivity index (χ2v) is 2.34. The lowest BCUT2D eigenvalue weighted by molar-refractivity contribution is -0.0696. The van der Waals surface area contributed by atoms with Crippen molar-refractivity contribution in [1.29, 1.82) is 0 Å². The van der Waals surface area contributed by atoms with Crippen molar-refractivity contribution in [2.45, 2.75) is 6.18 Å². The maximum atomic E-state index is 12.7. The molecule has 0 radical (unpaired) electrons. The summed E-state index contributed by atoms with van der Waals surface area (Å²) in [6.45, 7) is 0. The highest BCUT2D eigenvalue weighted by Gasteiger charge is 2.23. The molecule has 0 bridgehead atoms. The van der Waals surface area contributed by atoms with Crippen molar-refractivity contribution in [2.24, 2.45) is 0 Å². The van der Waals surface area contributed by atoms with Crippen molar-refractivity contribution in [1.82, 2.24) is 0 Å². The Hall–Kier alpha value is -1.57. The molecule has 0 fully saturated rings. The molecule has 14 heavy (non-hydrogen) atoms. The van der Waals surface area contributed by atoms with E-state index in [4.69, 9.17) is 0 Å². The van der Waals surface area contributed by atoms with Gasteiger partial charge in [-0.15, -0.1) is 0 Å². The molecule has 0 spiro atoms. The fraction of sp³-hybridized carbons (Fsp3) is 0.111. The molecule has 1 aromatic carbocycles. The summed E-state index contributed by atoms with van der Waals surface area (Å²) in [4.78, 5) is 0. The Morgan fingerprint density at radius 3 is 1.93 bits per heavy atom. The van der Waals surface area contributed by atoms with Crippen molar-refractivity contribution >= 4 is 0 Å². The van der Waals surface area contributed by atoms with Gasteiger partial charge in [0.15, 0.2) is 0 Å². The van der Waals surface area contributed by atoms with E-state index in [1.54, 1.807) is 0 Å². The zero-order valence-electron chi connectivity index (χ0n) is 6.62. The number of rotatable bonds is 0. The summed E-state index contributed by atoms with van der Waals surface area (Å²) in [5, 5.41) is 0. The molecule has 0 heterocycles. The summed E-state index contributed by atoms with van der Waals surface area (Å²) in [5.41, 5.74) is -0.871. The summed E-state index contributed by atoms with van der Waals surface area (Å²) >= 11 is 0. The van der Waals surface area contributed by atoms with Crippen LogP contribution in [0.1, 0.15) is 5.56 Å². The largest absolute Gasteiger partial charge is 0.458 e. The molecule has 0 aromatic heterocycles. The highest BCUT2D eigenvalue weighted by Crippen LogP contribution is 2.15. The minimum absolute atomic E-state index is 0.790. The zero-order valence-corrected chi connectivity index (χ0v) is 6.62. The Morgan fingerprint density at radius 2 is 1.50 bits per heavy atom. The zero-order chi connectivity index (χ0) is 10.8. The van der Waals surface area contributed by atoms with E-state index in [9.17, 15) is 22.0 Å². The topological polar surface area (TPSA) is 0 Å². The van der Waals surface area contributed by atoms with E-state index in [0.29, 0.717) is 0 Å². The van der Waals surface area contributed by atoms with E-state index < -0.39 is 23.4 Å². The fourth-order valence-corrected chi connectivity index (χ4v) is 0.751. The monoisotopic (exact) mass is 206 g/mol. The summed E-state index contributed by atoms with van der Waals surface area (Å²) in [6, 6.07) is 2.72. The van der Waals surface area contributed by atoms with Gasteiger partial charge in [-0.3, -0.25) is 0 Å². The third-order valence-electron chi connectivity index (χ3n) is 1.29. The Balaban J connectivity index is 3.13. The van der Waals surface area contributed by atoms with Crippen LogP contribution in [0.25, 0.3) is 0 Å². The SMILES string of the molecule is Fc1cccc(F)c1C#CC(F)(F)F. The molecule has 0 aliphatic heterocycles. The van der Waals surface area contributed by atoms with Gasteiger partial charge in [-0.1, -0.05) is 12.0 Å². The van der Waals surface area contributed by atoms with Crippen molar-refractivity contribution in [3.05, 3.63) is 35.4 Å². The molecule has 0 N–H and O–H groups in total.